The van der Waals surface area contributed by atoms with E-state index in [1.807, 2.05) is 13.0 Å². The molecule has 0 spiro atoms. The fourth-order valence-electron chi connectivity index (χ4n) is 3.63. The van der Waals surface area contributed by atoms with Gasteiger partial charge in [-0.3, -0.25) is 4.90 Å². The Morgan fingerprint density at radius 1 is 1.07 bits per heavy atom. The van der Waals surface area contributed by atoms with Gasteiger partial charge in [-0.25, -0.2) is 0 Å². The van der Waals surface area contributed by atoms with Crippen molar-refractivity contribution >= 4 is 0 Å². The molecule has 1 aliphatic rings. The highest BCUT2D eigenvalue weighted by Crippen LogP contribution is 2.23. The van der Waals surface area contributed by atoms with E-state index in [1.165, 1.54) is 5.56 Å². The van der Waals surface area contributed by atoms with Crippen LogP contribution >= 0.6 is 0 Å². The maximum Gasteiger partial charge on any atom is 0.319 e. The standard InChI is InChI=1S/C22H26N4O2/c1-17-23-22(26(24-17)20-8-5-9-21(27)14-20)28-16-19-10-12-25(13-11-19)15-18-6-3-2-4-7-18/h2-9,14,19,27H,10-13,15-16H2,1H3. The minimum Gasteiger partial charge on any atom is -0.508 e. The van der Waals surface area contributed by atoms with Crippen molar-refractivity contribution in [2.24, 2.45) is 5.92 Å². The molecule has 6 nitrogen and oxygen atoms in total. The van der Waals surface area contributed by atoms with Crippen LogP contribution in [0.25, 0.3) is 5.69 Å². The number of phenolic OH excluding ortho intramolecular Hbond substituents is 1. The number of phenols is 1. The largest absolute Gasteiger partial charge is 0.508 e. The van der Waals surface area contributed by atoms with E-state index in [1.54, 1.807) is 22.9 Å². The number of hydrogen-bond donors (Lipinski definition) is 1. The third-order valence-electron chi connectivity index (χ3n) is 5.16. The molecule has 1 saturated heterocycles. The Labute approximate surface area is 165 Å². The van der Waals surface area contributed by atoms with Gasteiger partial charge in [0, 0.05) is 12.6 Å². The normalized spacial score (nSPS) is 15.6. The second-order valence-electron chi connectivity index (χ2n) is 7.39. The Balaban J connectivity index is 1.32. The van der Waals surface area contributed by atoms with Crippen LogP contribution in [0.4, 0.5) is 0 Å². The highest BCUT2D eigenvalue weighted by Gasteiger charge is 2.21. The molecule has 0 atom stereocenters. The number of aromatic nitrogens is 3. The van der Waals surface area contributed by atoms with Gasteiger partial charge in [0.05, 0.1) is 12.3 Å². The molecule has 2 heterocycles. The number of aryl methyl sites for hydroxylation is 1. The molecule has 1 fully saturated rings. The molecular weight excluding hydrogens is 352 g/mol. The van der Waals surface area contributed by atoms with Gasteiger partial charge in [0.1, 0.15) is 5.75 Å². The third-order valence-corrected chi connectivity index (χ3v) is 5.16. The van der Waals surface area contributed by atoms with Crippen LogP contribution in [-0.2, 0) is 6.54 Å². The lowest BCUT2D eigenvalue weighted by Gasteiger charge is -2.31. The van der Waals surface area contributed by atoms with E-state index in [-0.39, 0.29) is 5.75 Å². The van der Waals surface area contributed by atoms with Crippen LogP contribution in [0.1, 0.15) is 24.2 Å². The van der Waals surface area contributed by atoms with E-state index in [0.717, 1.165) is 38.2 Å². The molecule has 28 heavy (non-hydrogen) atoms. The van der Waals surface area contributed by atoms with Crippen LogP contribution in [0.3, 0.4) is 0 Å². The van der Waals surface area contributed by atoms with Gasteiger partial charge in [-0.15, -0.1) is 5.10 Å². The third kappa shape index (κ3) is 4.51. The smallest absolute Gasteiger partial charge is 0.319 e. The summed E-state index contributed by atoms with van der Waals surface area (Å²) in [6, 6.07) is 18.1. The molecule has 3 aromatic rings. The Morgan fingerprint density at radius 2 is 1.86 bits per heavy atom. The molecule has 146 valence electrons. The minimum absolute atomic E-state index is 0.197. The van der Waals surface area contributed by atoms with Crippen molar-refractivity contribution in [1.82, 2.24) is 19.7 Å². The van der Waals surface area contributed by atoms with Crippen molar-refractivity contribution in [2.75, 3.05) is 19.7 Å². The molecule has 4 rings (SSSR count). The molecule has 0 aliphatic carbocycles. The van der Waals surface area contributed by atoms with Gasteiger partial charge in [-0.1, -0.05) is 36.4 Å². The summed E-state index contributed by atoms with van der Waals surface area (Å²) in [6.45, 7) is 5.66. The van der Waals surface area contributed by atoms with Crippen molar-refractivity contribution in [3.8, 4) is 17.4 Å². The van der Waals surface area contributed by atoms with Crippen LogP contribution < -0.4 is 4.74 Å². The lowest BCUT2D eigenvalue weighted by Crippen LogP contribution is -2.35. The SMILES string of the molecule is Cc1nc(OCC2CCN(Cc3ccccc3)CC2)n(-c2cccc(O)c2)n1. The van der Waals surface area contributed by atoms with Crippen LogP contribution in [0.15, 0.2) is 54.6 Å². The van der Waals surface area contributed by atoms with Crippen molar-refractivity contribution in [2.45, 2.75) is 26.3 Å². The van der Waals surface area contributed by atoms with Crippen molar-refractivity contribution < 1.29 is 9.84 Å². The van der Waals surface area contributed by atoms with Crippen molar-refractivity contribution in [3.63, 3.8) is 0 Å². The average molecular weight is 378 g/mol. The van der Waals surface area contributed by atoms with E-state index >= 15 is 0 Å². The van der Waals surface area contributed by atoms with Gasteiger partial charge in [-0.05, 0) is 56.5 Å². The zero-order chi connectivity index (χ0) is 19.3. The Morgan fingerprint density at radius 3 is 2.61 bits per heavy atom. The van der Waals surface area contributed by atoms with Crippen LogP contribution in [-0.4, -0.2) is 44.5 Å². The van der Waals surface area contributed by atoms with E-state index in [9.17, 15) is 5.11 Å². The predicted molar refractivity (Wildman–Crippen MR) is 108 cm³/mol. The molecule has 0 radical (unpaired) electrons. The van der Waals surface area contributed by atoms with Gasteiger partial charge in [0.2, 0.25) is 0 Å². The molecule has 0 unspecified atom stereocenters. The van der Waals surface area contributed by atoms with Gasteiger partial charge in [-0.2, -0.15) is 9.67 Å². The molecular formula is C22H26N4O2. The Hall–Kier alpha value is -2.86. The number of nitrogens with zero attached hydrogens (tertiary/aromatic N) is 4. The second-order valence-corrected chi connectivity index (χ2v) is 7.39. The highest BCUT2D eigenvalue weighted by molar-refractivity contribution is 5.39. The van der Waals surface area contributed by atoms with Gasteiger partial charge in [0.25, 0.3) is 0 Å². The molecule has 6 heteroatoms. The summed E-state index contributed by atoms with van der Waals surface area (Å²) in [6.07, 6.45) is 2.23. The fourth-order valence-corrected chi connectivity index (χ4v) is 3.63. The first kappa shape index (κ1) is 18.5. The fraction of sp³-hybridized carbons (Fsp3) is 0.364. The average Bonchev–Trinajstić information content (AvgIpc) is 3.09. The molecule has 1 aromatic heterocycles. The van der Waals surface area contributed by atoms with Crippen molar-refractivity contribution in [3.05, 3.63) is 66.0 Å². The van der Waals surface area contributed by atoms with Gasteiger partial charge < -0.3 is 9.84 Å². The van der Waals surface area contributed by atoms with E-state index < -0.39 is 0 Å². The number of piperidine rings is 1. The van der Waals surface area contributed by atoms with Gasteiger partial charge >= 0.3 is 6.01 Å². The molecule has 1 aliphatic heterocycles. The summed E-state index contributed by atoms with van der Waals surface area (Å²) in [7, 11) is 0. The first-order valence-corrected chi connectivity index (χ1v) is 9.79. The van der Waals surface area contributed by atoms with E-state index in [4.69, 9.17) is 4.74 Å². The molecule has 2 aromatic carbocycles. The van der Waals surface area contributed by atoms with Crippen LogP contribution in [0.5, 0.6) is 11.8 Å². The van der Waals surface area contributed by atoms with Crippen molar-refractivity contribution in [1.29, 1.82) is 0 Å². The summed E-state index contributed by atoms with van der Waals surface area (Å²) in [5, 5.41) is 14.1. The quantitative estimate of drug-likeness (QED) is 0.710. The molecule has 0 saturated carbocycles. The number of likely N-dealkylation sites (tertiary alicyclic amines) is 1. The Kier molecular flexibility index (Phi) is 5.58. The maximum atomic E-state index is 9.73. The molecule has 0 bridgehead atoms. The first-order valence-electron chi connectivity index (χ1n) is 9.79. The highest BCUT2D eigenvalue weighted by atomic mass is 16.5. The van der Waals surface area contributed by atoms with Crippen LogP contribution in [0, 0.1) is 12.8 Å². The zero-order valence-corrected chi connectivity index (χ0v) is 16.2. The van der Waals surface area contributed by atoms with E-state index in [0.29, 0.717) is 24.4 Å². The Bertz CT molecular complexity index is 902. The predicted octanol–water partition coefficient (Wildman–Crippen LogP) is 3.57. The summed E-state index contributed by atoms with van der Waals surface area (Å²) in [5.74, 6) is 1.36. The first-order chi connectivity index (χ1) is 13.7. The number of benzene rings is 2. The zero-order valence-electron chi connectivity index (χ0n) is 16.2. The summed E-state index contributed by atoms with van der Waals surface area (Å²) in [5.41, 5.74) is 2.11. The molecule has 0 amide bonds. The maximum absolute atomic E-state index is 9.73. The lowest BCUT2D eigenvalue weighted by atomic mass is 9.97. The van der Waals surface area contributed by atoms with Gasteiger partial charge in [0.15, 0.2) is 5.82 Å². The lowest BCUT2D eigenvalue weighted by molar-refractivity contribution is 0.131. The topological polar surface area (TPSA) is 63.4 Å². The van der Waals surface area contributed by atoms with E-state index in [2.05, 4.69) is 45.3 Å². The summed E-state index contributed by atoms with van der Waals surface area (Å²) in [4.78, 5) is 6.91. The monoisotopic (exact) mass is 378 g/mol. The number of ether oxygens (including phenoxy) is 1. The number of rotatable bonds is 6. The molecule has 1 N–H and O–H groups in total. The number of hydrogen-bond acceptors (Lipinski definition) is 5. The summed E-state index contributed by atoms with van der Waals surface area (Å²) >= 11 is 0. The number of aromatic hydroxyl groups is 1. The summed E-state index contributed by atoms with van der Waals surface area (Å²) < 4.78 is 7.69. The minimum atomic E-state index is 0.197. The second kappa shape index (κ2) is 8.44. The van der Waals surface area contributed by atoms with Crippen LogP contribution in [0.2, 0.25) is 0 Å².